The maximum atomic E-state index is 3.63. The average Bonchev–Trinajstić information content (AvgIpc) is 3.38. The topological polar surface area (TPSA) is 15.3 Å². The molecule has 132 valence electrons. The number of rotatable bonds is 6. The van der Waals surface area contributed by atoms with Gasteiger partial charge in [-0.3, -0.25) is 4.90 Å². The van der Waals surface area contributed by atoms with Crippen LogP contribution in [0.2, 0.25) is 0 Å². The van der Waals surface area contributed by atoms with Gasteiger partial charge in [-0.2, -0.15) is 0 Å². The van der Waals surface area contributed by atoms with Crippen LogP contribution in [0.1, 0.15) is 64.0 Å². The number of nitrogens with one attached hydrogen (secondary N) is 1. The lowest BCUT2D eigenvalue weighted by Crippen LogP contribution is -2.58. The maximum absolute atomic E-state index is 3.63. The number of anilines is 1. The molecular formula is C22H34N2. The van der Waals surface area contributed by atoms with Crippen LogP contribution in [-0.2, 0) is 11.8 Å². The second kappa shape index (κ2) is 6.37. The van der Waals surface area contributed by atoms with Gasteiger partial charge in [0.15, 0.2) is 0 Å². The molecule has 1 N–H and O–H groups in total. The zero-order valence-electron chi connectivity index (χ0n) is 15.8. The molecule has 3 atom stereocenters. The van der Waals surface area contributed by atoms with E-state index in [1.807, 2.05) is 0 Å². The number of hydrogen-bond donors (Lipinski definition) is 1. The molecule has 1 unspecified atom stereocenters. The molecule has 2 aliphatic carbocycles. The fraction of sp³-hybridized carbons (Fsp3) is 0.727. The molecular weight excluding hydrogens is 292 g/mol. The molecule has 2 nitrogen and oxygen atoms in total. The average molecular weight is 327 g/mol. The summed E-state index contributed by atoms with van der Waals surface area (Å²) in [6.45, 7) is 11.1. The SMILES string of the molecule is CCCCNc1ccc2c(c1)[C@]1(C)CCN(CC3CC3)[C@H](C2)C1C. The van der Waals surface area contributed by atoms with Crippen molar-refractivity contribution < 1.29 is 0 Å². The van der Waals surface area contributed by atoms with Gasteiger partial charge < -0.3 is 5.32 Å². The van der Waals surface area contributed by atoms with E-state index in [1.165, 1.54) is 57.3 Å². The molecule has 0 amide bonds. The number of nitrogens with zero attached hydrogens (tertiary/aromatic N) is 1. The lowest BCUT2D eigenvalue weighted by Gasteiger charge is -2.55. The van der Waals surface area contributed by atoms with Gasteiger partial charge in [-0.15, -0.1) is 0 Å². The Morgan fingerprint density at radius 3 is 2.88 bits per heavy atom. The summed E-state index contributed by atoms with van der Waals surface area (Å²) in [7, 11) is 0. The third kappa shape index (κ3) is 2.87. The molecule has 2 heteroatoms. The first-order valence-corrected chi connectivity index (χ1v) is 10.2. The van der Waals surface area contributed by atoms with E-state index in [1.54, 1.807) is 11.1 Å². The van der Waals surface area contributed by atoms with E-state index in [4.69, 9.17) is 0 Å². The van der Waals surface area contributed by atoms with Crippen molar-refractivity contribution in [2.45, 2.75) is 70.8 Å². The summed E-state index contributed by atoms with van der Waals surface area (Å²) >= 11 is 0. The van der Waals surface area contributed by atoms with Crippen LogP contribution in [0.15, 0.2) is 18.2 Å². The molecule has 1 saturated carbocycles. The lowest BCUT2D eigenvalue weighted by atomic mass is 9.59. The van der Waals surface area contributed by atoms with E-state index in [-0.39, 0.29) is 0 Å². The Kier molecular flexibility index (Phi) is 4.36. The number of hydrogen-bond acceptors (Lipinski definition) is 2. The largest absolute Gasteiger partial charge is 0.385 e. The highest BCUT2D eigenvalue weighted by Gasteiger charge is 2.48. The predicted octanol–water partition coefficient (Wildman–Crippen LogP) is 4.83. The Hall–Kier alpha value is -1.02. The van der Waals surface area contributed by atoms with Crippen molar-refractivity contribution in [2.24, 2.45) is 11.8 Å². The van der Waals surface area contributed by atoms with Crippen molar-refractivity contribution in [1.82, 2.24) is 4.90 Å². The monoisotopic (exact) mass is 326 g/mol. The summed E-state index contributed by atoms with van der Waals surface area (Å²) in [4.78, 5) is 2.83. The van der Waals surface area contributed by atoms with Gasteiger partial charge in [-0.05, 0) is 79.2 Å². The molecule has 0 spiro atoms. The number of benzene rings is 1. The van der Waals surface area contributed by atoms with Gasteiger partial charge in [0.1, 0.15) is 0 Å². The quantitative estimate of drug-likeness (QED) is 0.753. The molecule has 2 bridgehead atoms. The fourth-order valence-electron chi connectivity index (χ4n) is 5.09. The summed E-state index contributed by atoms with van der Waals surface area (Å²) in [5.41, 5.74) is 4.94. The molecule has 1 aliphatic heterocycles. The summed E-state index contributed by atoms with van der Waals surface area (Å²) in [5, 5.41) is 3.63. The molecule has 0 aromatic heterocycles. The first kappa shape index (κ1) is 16.4. The van der Waals surface area contributed by atoms with Gasteiger partial charge >= 0.3 is 0 Å². The van der Waals surface area contributed by atoms with Gasteiger partial charge in [0.2, 0.25) is 0 Å². The van der Waals surface area contributed by atoms with E-state index in [9.17, 15) is 0 Å². The van der Waals surface area contributed by atoms with Gasteiger partial charge in [-0.1, -0.05) is 33.3 Å². The standard InChI is InChI=1S/C22H34N2/c1-4-5-11-23-19-9-8-18-13-21-16(2)22(3,20(18)14-19)10-12-24(21)15-17-6-7-17/h8-9,14,16-17,21,23H,4-7,10-13,15H2,1-3H3/t16?,21-,22-/m1/s1. The van der Waals surface area contributed by atoms with Crippen molar-refractivity contribution in [1.29, 1.82) is 0 Å². The zero-order chi connectivity index (χ0) is 16.7. The van der Waals surface area contributed by atoms with Gasteiger partial charge in [-0.25, -0.2) is 0 Å². The Morgan fingerprint density at radius 2 is 2.12 bits per heavy atom. The van der Waals surface area contributed by atoms with Crippen LogP contribution in [0.3, 0.4) is 0 Å². The second-order valence-corrected chi connectivity index (χ2v) is 8.82. The minimum absolute atomic E-state index is 0.362. The second-order valence-electron chi connectivity index (χ2n) is 8.82. The highest BCUT2D eigenvalue weighted by molar-refractivity contribution is 5.53. The molecule has 1 saturated heterocycles. The first-order valence-electron chi connectivity index (χ1n) is 10.2. The molecule has 1 aromatic rings. The van der Waals surface area contributed by atoms with Crippen LogP contribution < -0.4 is 5.32 Å². The summed E-state index contributed by atoms with van der Waals surface area (Å²) in [5.74, 6) is 1.77. The molecule has 4 rings (SSSR count). The van der Waals surface area contributed by atoms with Crippen molar-refractivity contribution >= 4 is 5.69 Å². The van der Waals surface area contributed by atoms with E-state index in [0.717, 1.165) is 24.4 Å². The zero-order valence-corrected chi connectivity index (χ0v) is 15.8. The highest BCUT2D eigenvalue weighted by Crippen LogP contribution is 2.49. The smallest absolute Gasteiger partial charge is 0.0343 e. The summed E-state index contributed by atoms with van der Waals surface area (Å²) in [6.07, 6.45) is 8.03. The highest BCUT2D eigenvalue weighted by atomic mass is 15.2. The minimum Gasteiger partial charge on any atom is -0.385 e. The molecule has 1 aromatic carbocycles. The maximum Gasteiger partial charge on any atom is 0.0343 e. The molecule has 2 fully saturated rings. The van der Waals surface area contributed by atoms with Crippen molar-refractivity contribution in [3.8, 4) is 0 Å². The van der Waals surface area contributed by atoms with Crippen LogP contribution in [0, 0.1) is 11.8 Å². The summed E-state index contributed by atoms with van der Waals surface area (Å²) < 4.78 is 0. The Balaban J connectivity index is 1.58. The van der Waals surface area contributed by atoms with Gasteiger partial charge in [0.05, 0.1) is 0 Å². The van der Waals surface area contributed by atoms with Gasteiger partial charge in [0.25, 0.3) is 0 Å². The number of unbranched alkanes of at least 4 members (excludes halogenated alkanes) is 1. The van der Waals surface area contributed by atoms with Crippen molar-refractivity contribution in [3.05, 3.63) is 29.3 Å². The minimum atomic E-state index is 0.362. The third-order valence-corrected chi connectivity index (χ3v) is 7.17. The van der Waals surface area contributed by atoms with E-state index in [0.29, 0.717) is 5.41 Å². The number of likely N-dealkylation sites (tertiary alicyclic amines) is 1. The molecule has 24 heavy (non-hydrogen) atoms. The van der Waals surface area contributed by atoms with Crippen molar-refractivity contribution in [3.63, 3.8) is 0 Å². The van der Waals surface area contributed by atoms with Gasteiger partial charge in [0, 0.05) is 24.8 Å². The number of piperidine rings is 1. The summed E-state index contributed by atoms with van der Waals surface area (Å²) in [6, 6.07) is 7.97. The first-order chi connectivity index (χ1) is 11.6. The van der Waals surface area contributed by atoms with Crippen LogP contribution in [-0.4, -0.2) is 30.6 Å². The van der Waals surface area contributed by atoms with E-state index >= 15 is 0 Å². The fourth-order valence-corrected chi connectivity index (χ4v) is 5.09. The van der Waals surface area contributed by atoms with E-state index < -0.39 is 0 Å². The Labute approximate surface area is 148 Å². The third-order valence-electron chi connectivity index (χ3n) is 7.17. The molecule has 3 aliphatic rings. The normalized spacial score (nSPS) is 32.5. The Morgan fingerprint density at radius 1 is 1.29 bits per heavy atom. The predicted molar refractivity (Wildman–Crippen MR) is 103 cm³/mol. The lowest BCUT2D eigenvalue weighted by molar-refractivity contribution is 0.0284. The Bertz CT molecular complexity index is 592. The van der Waals surface area contributed by atoms with Crippen LogP contribution in [0.4, 0.5) is 5.69 Å². The van der Waals surface area contributed by atoms with Crippen LogP contribution in [0.5, 0.6) is 0 Å². The van der Waals surface area contributed by atoms with Crippen LogP contribution in [0.25, 0.3) is 0 Å². The number of fused-ring (bicyclic) bond motifs is 4. The molecule has 0 radical (unpaired) electrons. The van der Waals surface area contributed by atoms with Crippen molar-refractivity contribution in [2.75, 3.05) is 25.0 Å². The molecule has 1 heterocycles. The van der Waals surface area contributed by atoms with E-state index in [2.05, 4.69) is 49.2 Å². The van der Waals surface area contributed by atoms with Crippen LogP contribution >= 0.6 is 0 Å².